The third-order valence-electron chi connectivity index (χ3n) is 4.92. The van der Waals surface area contributed by atoms with Crippen molar-refractivity contribution in [1.29, 1.82) is 0 Å². The first-order chi connectivity index (χ1) is 13.1. The maximum absolute atomic E-state index is 12.7. The molecule has 0 heterocycles. The fourth-order valence-electron chi connectivity index (χ4n) is 3.37. The molecule has 0 aromatic rings. The van der Waals surface area contributed by atoms with Gasteiger partial charge in [0.15, 0.2) is 17.0 Å². The number of carboxylic acids is 2. The summed E-state index contributed by atoms with van der Waals surface area (Å²) in [6.45, 7) is 11.0. The van der Waals surface area contributed by atoms with Crippen molar-refractivity contribution >= 4 is 11.9 Å². The molecule has 0 amide bonds. The lowest BCUT2D eigenvalue weighted by Gasteiger charge is -2.52. The van der Waals surface area contributed by atoms with Crippen molar-refractivity contribution in [3.63, 3.8) is 0 Å². The van der Waals surface area contributed by atoms with E-state index >= 15 is 0 Å². The van der Waals surface area contributed by atoms with Crippen LogP contribution in [0.3, 0.4) is 0 Å². The van der Waals surface area contributed by atoms with Gasteiger partial charge in [-0.05, 0) is 40.5 Å². The predicted molar refractivity (Wildman–Crippen MR) is 104 cm³/mol. The Hall–Kier alpha value is -1.22. The van der Waals surface area contributed by atoms with Crippen LogP contribution in [0, 0.1) is 5.41 Å². The Morgan fingerprint density at radius 1 is 0.750 bits per heavy atom. The minimum absolute atomic E-state index is 0.133. The molecule has 0 aliphatic rings. The van der Waals surface area contributed by atoms with Gasteiger partial charge >= 0.3 is 11.9 Å². The van der Waals surface area contributed by atoms with E-state index in [4.69, 9.17) is 18.9 Å². The molecule has 8 heteroatoms. The van der Waals surface area contributed by atoms with Gasteiger partial charge in [-0.3, -0.25) is 9.59 Å². The summed E-state index contributed by atoms with van der Waals surface area (Å²) in [6.07, 6.45) is 2.22. The SMILES string of the molecule is CCCCOC(C)(OCC)C(CC(=O)O)(C(=O)O)C(C)(OCC)OCCCC. The highest BCUT2D eigenvalue weighted by Gasteiger charge is 2.69. The lowest BCUT2D eigenvalue weighted by atomic mass is 9.69. The third kappa shape index (κ3) is 6.14. The summed E-state index contributed by atoms with van der Waals surface area (Å²) in [7, 11) is 0. The van der Waals surface area contributed by atoms with Gasteiger partial charge in [-0.15, -0.1) is 0 Å². The molecule has 0 saturated heterocycles. The highest BCUT2D eigenvalue weighted by molar-refractivity contribution is 5.84. The Morgan fingerprint density at radius 2 is 1.14 bits per heavy atom. The van der Waals surface area contributed by atoms with Crippen molar-refractivity contribution in [3.05, 3.63) is 0 Å². The molecule has 0 rings (SSSR count). The molecule has 2 N–H and O–H groups in total. The minimum Gasteiger partial charge on any atom is -0.481 e. The molecule has 28 heavy (non-hydrogen) atoms. The predicted octanol–water partition coefficient (Wildman–Crippen LogP) is 3.67. The maximum Gasteiger partial charge on any atom is 0.321 e. The Balaban J connectivity index is 6.52. The molecule has 0 aliphatic heterocycles. The van der Waals surface area contributed by atoms with Crippen LogP contribution in [-0.4, -0.2) is 60.2 Å². The lowest BCUT2D eigenvalue weighted by Crippen LogP contribution is -2.68. The number of hydrogen-bond acceptors (Lipinski definition) is 6. The minimum atomic E-state index is -2.14. The zero-order valence-corrected chi connectivity index (χ0v) is 18.2. The number of aliphatic carboxylic acids is 2. The van der Waals surface area contributed by atoms with Crippen molar-refractivity contribution in [2.45, 2.75) is 85.2 Å². The zero-order chi connectivity index (χ0) is 21.8. The van der Waals surface area contributed by atoms with Crippen LogP contribution in [0.4, 0.5) is 0 Å². The number of hydrogen-bond donors (Lipinski definition) is 2. The normalized spacial score (nSPS) is 18.1. The van der Waals surface area contributed by atoms with Gasteiger partial charge in [0.05, 0.1) is 19.6 Å². The Kier molecular flexibility index (Phi) is 11.8. The average molecular weight is 407 g/mol. The second kappa shape index (κ2) is 12.4. The fourth-order valence-corrected chi connectivity index (χ4v) is 3.37. The molecule has 0 aliphatic carbocycles. The quantitative estimate of drug-likeness (QED) is 0.278. The molecule has 8 nitrogen and oxygen atoms in total. The summed E-state index contributed by atoms with van der Waals surface area (Å²) in [6, 6.07) is 0. The highest BCUT2D eigenvalue weighted by Crippen LogP contribution is 2.50. The number of rotatable bonds is 17. The van der Waals surface area contributed by atoms with Gasteiger partial charge in [0.1, 0.15) is 0 Å². The van der Waals surface area contributed by atoms with Gasteiger partial charge in [0, 0.05) is 13.2 Å². The van der Waals surface area contributed by atoms with E-state index in [1.165, 1.54) is 13.8 Å². The molecule has 166 valence electrons. The maximum atomic E-state index is 12.7. The molecular weight excluding hydrogens is 368 g/mol. The van der Waals surface area contributed by atoms with Gasteiger partial charge in [-0.1, -0.05) is 26.7 Å². The summed E-state index contributed by atoms with van der Waals surface area (Å²) in [4.78, 5) is 24.5. The van der Waals surface area contributed by atoms with Crippen LogP contribution >= 0.6 is 0 Å². The Bertz CT molecular complexity index is 455. The standard InChI is InChI=1S/C20H38O8/c1-7-11-13-27-18(5,25-9-3)20(17(23)24,15-16(21)22)19(6,26-10-4)28-14-12-8-2/h7-15H2,1-6H3,(H,21,22)(H,23,24). The molecule has 0 aromatic heterocycles. The van der Waals surface area contributed by atoms with E-state index in [0.29, 0.717) is 12.8 Å². The summed E-state index contributed by atoms with van der Waals surface area (Å²) in [5.74, 6) is -6.28. The lowest BCUT2D eigenvalue weighted by molar-refractivity contribution is -0.377. The molecule has 0 spiro atoms. The first-order valence-corrected chi connectivity index (χ1v) is 10.1. The van der Waals surface area contributed by atoms with E-state index in [-0.39, 0.29) is 26.4 Å². The van der Waals surface area contributed by atoms with Crippen molar-refractivity contribution in [3.8, 4) is 0 Å². The molecular formula is C20H38O8. The largest absolute Gasteiger partial charge is 0.481 e. The van der Waals surface area contributed by atoms with Crippen molar-refractivity contribution < 1.29 is 38.7 Å². The topological polar surface area (TPSA) is 112 Å². The van der Waals surface area contributed by atoms with E-state index in [0.717, 1.165) is 12.8 Å². The summed E-state index contributed by atoms with van der Waals surface area (Å²) < 4.78 is 23.4. The van der Waals surface area contributed by atoms with Crippen molar-refractivity contribution in [1.82, 2.24) is 0 Å². The molecule has 0 bridgehead atoms. The molecule has 0 fully saturated rings. The van der Waals surface area contributed by atoms with E-state index in [2.05, 4.69) is 0 Å². The van der Waals surface area contributed by atoms with Gasteiger partial charge < -0.3 is 29.2 Å². The summed E-state index contributed by atoms with van der Waals surface area (Å²) >= 11 is 0. The summed E-state index contributed by atoms with van der Waals surface area (Å²) in [5, 5.41) is 19.9. The van der Waals surface area contributed by atoms with Gasteiger partial charge in [-0.25, -0.2) is 0 Å². The number of ether oxygens (including phenoxy) is 4. The Labute approximate surface area is 168 Å². The van der Waals surface area contributed by atoms with Gasteiger partial charge in [-0.2, -0.15) is 0 Å². The zero-order valence-electron chi connectivity index (χ0n) is 18.2. The van der Waals surface area contributed by atoms with E-state index in [1.54, 1.807) is 13.8 Å². The van der Waals surface area contributed by atoms with E-state index < -0.39 is 35.3 Å². The molecule has 2 atom stereocenters. The second-order valence-corrected chi connectivity index (χ2v) is 6.94. The molecule has 0 aromatic carbocycles. The van der Waals surface area contributed by atoms with Crippen LogP contribution in [0.5, 0.6) is 0 Å². The van der Waals surface area contributed by atoms with Gasteiger partial charge in [0.25, 0.3) is 0 Å². The van der Waals surface area contributed by atoms with E-state index in [9.17, 15) is 19.8 Å². The molecule has 2 unspecified atom stereocenters. The van der Waals surface area contributed by atoms with Crippen LogP contribution in [0.1, 0.15) is 73.6 Å². The first kappa shape index (κ1) is 26.8. The van der Waals surface area contributed by atoms with Crippen LogP contribution < -0.4 is 0 Å². The molecule has 0 saturated carbocycles. The van der Waals surface area contributed by atoms with Crippen molar-refractivity contribution in [2.24, 2.45) is 5.41 Å². The summed E-state index contributed by atoms with van der Waals surface area (Å²) in [5.41, 5.74) is -2.14. The third-order valence-corrected chi connectivity index (χ3v) is 4.92. The monoisotopic (exact) mass is 406 g/mol. The van der Waals surface area contributed by atoms with Crippen LogP contribution in [-0.2, 0) is 28.5 Å². The average Bonchev–Trinajstić information content (AvgIpc) is 2.60. The van der Waals surface area contributed by atoms with Gasteiger partial charge in [0.2, 0.25) is 0 Å². The fraction of sp³-hybridized carbons (Fsp3) is 0.900. The number of unbranched alkanes of at least 4 members (excludes halogenated alkanes) is 2. The Morgan fingerprint density at radius 3 is 1.39 bits per heavy atom. The van der Waals surface area contributed by atoms with Crippen LogP contribution in [0.25, 0.3) is 0 Å². The molecule has 0 radical (unpaired) electrons. The van der Waals surface area contributed by atoms with E-state index in [1.807, 2.05) is 13.8 Å². The van der Waals surface area contributed by atoms with Crippen LogP contribution in [0.2, 0.25) is 0 Å². The highest BCUT2D eigenvalue weighted by atomic mass is 16.7. The number of carboxylic acid groups (broad SMARTS) is 2. The first-order valence-electron chi connectivity index (χ1n) is 10.1. The van der Waals surface area contributed by atoms with Crippen molar-refractivity contribution in [2.75, 3.05) is 26.4 Å². The van der Waals surface area contributed by atoms with Crippen LogP contribution in [0.15, 0.2) is 0 Å². The smallest absolute Gasteiger partial charge is 0.321 e. The number of carbonyl (C=O) groups is 2. The second-order valence-electron chi connectivity index (χ2n) is 6.94.